The molecule has 0 bridgehead atoms. The van der Waals surface area contributed by atoms with E-state index in [0.29, 0.717) is 16.3 Å². The molecule has 7 heteroatoms. The van der Waals surface area contributed by atoms with E-state index in [2.05, 4.69) is 5.32 Å². The summed E-state index contributed by atoms with van der Waals surface area (Å²) in [4.78, 5) is 12.2. The maximum absolute atomic E-state index is 12.2. The first kappa shape index (κ1) is 21.0. The molecule has 0 fully saturated rings. The Kier molecular flexibility index (Phi) is 7.05. The number of nitrogens with one attached hydrogen (secondary N) is 1. The fourth-order valence-corrected chi connectivity index (χ4v) is 3.17. The second kappa shape index (κ2) is 9.06. The average molecular weight is 408 g/mol. The van der Waals surface area contributed by atoms with Crippen LogP contribution in [0, 0.1) is 0 Å². The zero-order valence-electron chi connectivity index (χ0n) is 15.3. The van der Waals surface area contributed by atoms with Gasteiger partial charge in [-0.25, -0.2) is 8.42 Å². The molecule has 0 aliphatic rings. The molecule has 27 heavy (non-hydrogen) atoms. The molecule has 5 nitrogen and oxygen atoms in total. The van der Waals surface area contributed by atoms with E-state index in [-0.39, 0.29) is 12.0 Å². The van der Waals surface area contributed by atoms with Crippen LogP contribution in [0.25, 0.3) is 0 Å². The summed E-state index contributed by atoms with van der Waals surface area (Å²) in [6, 6.07) is 13.8. The molecule has 2 aromatic rings. The number of amides is 1. The first-order valence-corrected chi connectivity index (χ1v) is 10.7. The quantitative estimate of drug-likeness (QED) is 0.748. The van der Waals surface area contributed by atoms with Crippen molar-refractivity contribution in [3.05, 3.63) is 76.2 Å². The number of benzene rings is 2. The van der Waals surface area contributed by atoms with Gasteiger partial charge in [0.05, 0.1) is 0 Å². The molecule has 1 unspecified atom stereocenters. The van der Waals surface area contributed by atoms with Gasteiger partial charge in [-0.2, -0.15) is 0 Å². The van der Waals surface area contributed by atoms with Crippen LogP contribution in [-0.4, -0.2) is 26.6 Å². The maximum Gasteiger partial charge on any atom is 0.251 e. The van der Waals surface area contributed by atoms with Crippen molar-refractivity contribution in [3.8, 4) is 5.75 Å². The van der Waals surface area contributed by atoms with Crippen molar-refractivity contribution in [1.29, 1.82) is 0 Å². The molecule has 0 saturated carbocycles. The first-order valence-electron chi connectivity index (χ1n) is 8.36. The van der Waals surface area contributed by atoms with Crippen molar-refractivity contribution in [2.45, 2.75) is 26.0 Å². The van der Waals surface area contributed by atoms with Gasteiger partial charge < -0.3 is 10.1 Å². The highest BCUT2D eigenvalue weighted by Gasteiger charge is 2.12. The minimum absolute atomic E-state index is 0.237. The zero-order valence-corrected chi connectivity index (χ0v) is 16.9. The highest BCUT2D eigenvalue weighted by atomic mass is 35.5. The Morgan fingerprint density at radius 1 is 1.11 bits per heavy atom. The standard InChI is InChI=1S/C20H22ClNO4S/c1-14(12-13-27(3,24)25)22-20(23)16-8-10-17(11-9-16)26-15(2)18-6-4-5-7-19(18)21/h4-15H,1-3H3,(H,22,23)/b13-12+/t14-,15?/m1/s1. The van der Waals surface area contributed by atoms with E-state index >= 15 is 0 Å². The Balaban J connectivity index is 1.99. The molecule has 0 aliphatic carbocycles. The predicted octanol–water partition coefficient (Wildman–Crippen LogP) is 4.16. The van der Waals surface area contributed by atoms with Crippen LogP contribution in [-0.2, 0) is 9.84 Å². The molecule has 1 N–H and O–H groups in total. The highest BCUT2D eigenvalue weighted by Crippen LogP contribution is 2.27. The van der Waals surface area contributed by atoms with E-state index in [1.807, 2.05) is 31.2 Å². The van der Waals surface area contributed by atoms with Gasteiger partial charge in [-0.1, -0.05) is 35.9 Å². The number of hydrogen-bond acceptors (Lipinski definition) is 4. The molecule has 144 valence electrons. The number of halogens is 1. The fraction of sp³-hybridized carbons (Fsp3) is 0.250. The van der Waals surface area contributed by atoms with Crippen LogP contribution in [0.2, 0.25) is 5.02 Å². The van der Waals surface area contributed by atoms with Crippen LogP contribution < -0.4 is 10.1 Å². The van der Waals surface area contributed by atoms with Gasteiger partial charge in [0.2, 0.25) is 0 Å². The van der Waals surface area contributed by atoms with Gasteiger partial charge in [0.25, 0.3) is 5.91 Å². The van der Waals surface area contributed by atoms with Crippen molar-refractivity contribution in [2.75, 3.05) is 6.26 Å². The Morgan fingerprint density at radius 2 is 1.74 bits per heavy atom. The monoisotopic (exact) mass is 407 g/mol. The van der Waals surface area contributed by atoms with Crippen molar-refractivity contribution < 1.29 is 17.9 Å². The Labute approximate surface area is 164 Å². The molecule has 0 spiro atoms. The van der Waals surface area contributed by atoms with Gasteiger partial charge in [0, 0.05) is 33.9 Å². The van der Waals surface area contributed by atoms with Gasteiger partial charge in [0.1, 0.15) is 11.9 Å². The SMILES string of the molecule is CC(Oc1ccc(C(=O)N[C@H](C)/C=C/S(C)(=O)=O)cc1)c1ccccc1Cl. The third-order valence-corrected chi connectivity index (χ3v) is 4.74. The summed E-state index contributed by atoms with van der Waals surface area (Å²) in [5.41, 5.74) is 1.33. The fourth-order valence-electron chi connectivity index (χ4n) is 2.36. The summed E-state index contributed by atoms with van der Waals surface area (Å²) in [6.07, 6.45) is 2.29. The van der Waals surface area contributed by atoms with Crippen molar-refractivity contribution in [3.63, 3.8) is 0 Å². The normalized spacial score (nSPS) is 13.9. The van der Waals surface area contributed by atoms with E-state index in [0.717, 1.165) is 17.2 Å². The van der Waals surface area contributed by atoms with Gasteiger partial charge in [-0.3, -0.25) is 4.79 Å². The van der Waals surface area contributed by atoms with E-state index in [1.165, 1.54) is 6.08 Å². The average Bonchev–Trinajstić information content (AvgIpc) is 2.60. The van der Waals surface area contributed by atoms with E-state index < -0.39 is 15.9 Å². The van der Waals surface area contributed by atoms with Crippen molar-refractivity contribution in [1.82, 2.24) is 5.32 Å². The lowest BCUT2D eigenvalue weighted by molar-refractivity contribution is 0.0947. The van der Waals surface area contributed by atoms with Crippen LogP contribution in [0.4, 0.5) is 0 Å². The molecule has 0 aliphatic heterocycles. The van der Waals surface area contributed by atoms with Gasteiger partial charge in [-0.05, 0) is 44.2 Å². The molecule has 2 aromatic carbocycles. The van der Waals surface area contributed by atoms with Gasteiger partial charge in [-0.15, -0.1) is 0 Å². The van der Waals surface area contributed by atoms with Crippen LogP contribution >= 0.6 is 11.6 Å². The smallest absolute Gasteiger partial charge is 0.251 e. The van der Waals surface area contributed by atoms with Crippen molar-refractivity contribution >= 4 is 27.3 Å². The van der Waals surface area contributed by atoms with Gasteiger partial charge in [0.15, 0.2) is 9.84 Å². The Morgan fingerprint density at radius 3 is 2.33 bits per heavy atom. The number of rotatable bonds is 7. The maximum atomic E-state index is 12.2. The van der Waals surface area contributed by atoms with Crippen LogP contribution in [0.3, 0.4) is 0 Å². The van der Waals surface area contributed by atoms with Crippen LogP contribution in [0.1, 0.15) is 35.9 Å². The third-order valence-electron chi connectivity index (χ3n) is 3.75. The summed E-state index contributed by atoms with van der Waals surface area (Å²) in [5.74, 6) is 0.315. The summed E-state index contributed by atoms with van der Waals surface area (Å²) < 4.78 is 28.1. The Hall–Kier alpha value is -2.31. The highest BCUT2D eigenvalue weighted by molar-refractivity contribution is 7.93. The number of carbonyl (C=O) groups excluding carboxylic acids is 1. The summed E-state index contributed by atoms with van der Waals surface area (Å²) in [7, 11) is -3.22. The second-order valence-corrected chi connectivity index (χ2v) is 8.56. The molecule has 0 heterocycles. The lowest BCUT2D eigenvalue weighted by Gasteiger charge is -2.16. The van der Waals surface area contributed by atoms with Crippen LogP contribution in [0.5, 0.6) is 5.75 Å². The molecule has 2 rings (SSSR count). The zero-order chi connectivity index (χ0) is 20.0. The molecule has 1 amide bonds. The lowest BCUT2D eigenvalue weighted by Crippen LogP contribution is -2.31. The molecule has 0 aromatic heterocycles. The van der Waals surface area contributed by atoms with E-state index in [1.54, 1.807) is 31.2 Å². The number of carbonyl (C=O) groups is 1. The summed E-state index contributed by atoms with van der Waals surface area (Å²) in [5, 5.41) is 4.42. The topological polar surface area (TPSA) is 72.5 Å². The number of hydrogen-bond donors (Lipinski definition) is 1. The molecule has 0 saturated heterocycles. The van der Waals surface area contributed by atoms with Gasteiger partial charge >= 0.3 is 0 Å². The summed E-state index contributed by atoms with van der Waals surface area (Å²) >= 11 is 6.18. The number of sulfone groups is 1. The van der Waals surface area contributed by atoms with Crippen molar-refractivity contribution in [2.24, 2.45) is 0 Å². The number of ether oxygens (including phenoxy) is 1. The molecular weight excluding hydrogens is 386 g/mol. The molecular formula is C20H22ClNO4S. The third kappa shape index (κ3) is 6.73. The predicted molar refractivity (Wildman–Crippen MR) is 108 cm³/mol. The lowest BCUT2D eigenvalue weighted by atomic mass is 10.1. The van der Waals surface area contributed by atoms with E-state index in [9.17, 15) is 13.2 Å². The van der Waals surface area contributed by atoms with E-state index in [4.69, 9.17) is 16.3 Å². The second-order valence-electron chi connectivity index (χ2n) is 6.23. The first-order chi connectivity index (χ1) is 12.7. The summed E-state index contributed by atoms with van der Waals surface area (Å²) in [6.45, 7) is 3.60. The minimum Gasteiger partial charge on any atom is -0.486 e. The molecule has 0 radical (unpaired) electrons. The van der Waals surface area contributed by atoms with Crippen LogP contribution in [0.15, 0.2) is 60.0 Å². The minimum atomic E-state index is -3.22. The largest absolute Gasteiger partial charge is 0.486 e. The molecule has 2 atom stereocenters. The Bertz CT molecular complexity index is 923.